The Morgan fingerprint density at radius 2 is 2.19 bits per heavy atom. The van der Waals surface area contributed by atoms with Gasteiger partial charge in [0.15, 0.2) is 9.34 Å². The van der Waals surface area contributed by atoms with E-state index in [1.54, 1.807) is 6.92 Å². The van der Waals surface area contributed by atoms with Crippen LogP contribution < -0.4 is 10.0 Å². The van der Waals surface area contributed by atoms with Gasteiger partial charge in [0, 0.05) is 13.5 Å². The summed E-state index contributed by atoms with van der Waals surface area (Å²) in [7, 11) is -3.56. The van der Waals surface area contributed by atoms with E-state index in [1.807, 2.05) is 0 Å². The van der Waals surface area contributed by atoms with Crippen molar-refractivity contribution in [3.05, 3.63) is 12.6 Å². The Labute approximate surface area is 98.1 Å². The summed E-state index contributed by atoms with van der Waals surface area (Å²) in [4.78, 5) is 14.7. The summed E-state index contributed by atoms with van der Waals surface area (Å²) in [6.07, 6.45) is 0. The van der Waals surface area contributed by atoms with Gasteiger partial charge in [0.1, 0.15) is 0 Å². The summed E-state index contributed by atoms with van der Waals surface area (Å²) in [5.74, 6) is -0.289. The van der Waals surface area contributed by atoms with Crippen LogP contribution in [0, 0.1) is 13.8 Å². The molecule has 8 heteroatoms. The van der Waals surface area contributed by atoms with Crippen LogP contribution >= 0.6 is 11.3 Å². The number of nitrogens with one attached hydrogen (secondary N) is 2. The molecule has 1 aromatic heterocycles. The highest BCUT2D eigenvalue weighted by atomic mass is 32.2. The largest absolute Gasteiger partial charge is 0.302 e. The van der Waals surface area contributed by atoms with Gasteiger partial charge in [-0.2, -0.15) is 0 Å². The molecule has 0 aromatic carbocycles. The molecule has 1 heterocycles. The molecule has 0 fully saturated rings. The van der Waals surface area contributed by atoms with Gasteiger partial charge >= 0.3 is 0 Å². The molecule has 1 amide bonds. The lowest BCUT2D eigenvalue weighted by molar-refractivity contribution is -0.114. The van der Waals surface area contributed by atoms with E-state index in [2.05, 4.69) is 21.9 Å². The highest BCUT2D eigenvalue weighted by molar-refractivity contribution is 7.91. The number of aryl methyl sites for hydroxylation is 1. The Morgan fingerprint density at radius 3 is 2.69 bits per heavy atom. The molecule has 0 saturated heterocycles. The average Bonchev–Trinajstić information content (AvgIpc) is 2.45. The molecule has 0 bridgehead atoms. The predicted molar refractivity (Wildman–Crippen MR) is 61.7 cm³/mol. The lowest BCUT2D eigenvalue weighted by atomic mass is 10.6. The van der Waals surface area contributed by atoms with Crippen molar-refractivity contribution in [1.82, 2.24) is 9.71 Å². The van der Waals surface area contributed by atoms with Crippen molar-refractivity contribution < 1.29 is 13.2 Å². The molecule has 1 rings (SSSR count). The zero-order valence-corrected chi connectivity index (χ0v) is 10.5. The number of carbonyl (C=O) groups is 1. The van der Waals surface area contributed by atoms with Gasteiger partial charge in [0.25, 0.3) is 10.0 Å². The minimum Gasteiger partial charge on any atom is -0.302 e. The van der Waals surface area contributed by atoms with Crippen molar-refractivity contribution in [3.8, 4) is 0 Å². The first kappa shape index (κ1) is 13.1. The van der Waals surface area contributed by atoms with E-state index < -0.39 is 10.0 Å². The Kier molecular flexibility index (Phi) is 4.00. The molecular formula is C8H12N3O3S2. The molecule has 0 aliphatic rings. The Balaban J connectivity index is 3.07. The van der Waals surface area contributed by atoms with Crippen LogP contribution in [-0.4, -0.2) is 25.9 Å². The number of carbonyl (C=O) groups excluding carboxylic acids is 1. The second kappa shape index (κ2) is 4.89. The quantitative estimate of drug-likeness (QED) is 0.828. The number of amides is 1. The van der Waals surface area contributed by atoms with E-state index in [0.717, 1.165) is 11.3 Å². The number of rotatable bonds is 4. The van der Waals surface area contributed by atoms with Crippen LogP contribution in [0.3, 0.4) is 0 Å². The molecule has 0 atom stereocenters. The van der Waals surface area contributed by atoms with Gasteiger partial charge < -0.3 is 5.32 Å². The van der Waals surface area contributed by atoms with Crippen LogP contribution in [0.1, 0.15) is 12.6 Å². The number of anilines is 1. The third kappa shape index (κ3) is 3.00. The van der Waals surface area contributed by atoms with Gasteiger partial charge in [0.05, 0.1) is 5.69 Å². The number of hydrogen-bond acceptors (Lipinski definition) is 5. The maximum atomic E-state index is 11.7. The SMILES string of the molecule is [CH2]CNS(=O)(=O)c1sc(NC(C)=O)nc1C. The fourth-order valence-electron chi connectivity index (χ4n) is 1.04. The Hall–Kier alpha value is -0.990. The Bertz CT molecular complexity index is 493. The van der Waals surface area contributed by atoms with E-state index >= 15 is 0 Å². The van der Waals surface area contributed by atoms with Gasteiger partial charge in [0.2, 0.25) is 5.91 Å². The standard InChI is InChI=1S/C8H12N3O3S2/c1-4-9-16(13,14)7-5(2)10-8(15-7)11-6(3)12/h9H,1,4H2,2-3H3,(H,10,11,12). The number of aromatic nitrogens is 1. The molecular weight excluding hydrogens is 250 g/mol. The highest BCUT2D eigenvalue weighted by Crippen LogP contribution is 2.26. The molecule has 0 aliphatic heterocycles. The second-order valence-corrected chi connectivity index (χ2v) is 5.93. The van der Waals surface area contributed by atoms with Gasteiger partial charge in [-0.3, -0.25) is 4.79 Å². The molecule has 0 saturated carbocycles. The number of hydrogen-bond donors (Lipinski definition) is 2. The van der Waals surface area contributed by atoms with Crippen LogP contribution in [-0.2, 0) is 14.8 Å². The van der Waals surface area contributed by atoms with E-state index in [9.17, 15) is 13.2 Å². The molecule has 0 unspecified atom stereocenters. The number of nitrogens with zero attached hydrogens (tertiary/aromatic N) is 1. The molecule has 16 heavy (non-hydrogen) atoms. The third-order valence-corrected chi connectivity index (χ3v) is 4.72. The van der Waals surface area contributed by atoms with Crippen molar-refractivity contribution in [2.75, 3.05) is 11.9 Å². The van der Waals surface area contributed by atoms with Gasteiger partial charge in [-0.25, -0.2) is 18.1 Å². The second-order valence-electron chi connectivity index (χ2n) is 2.97. The molecule has 89 valence electrons. The molecule has 1 aromatic rings. The summed E-state index contributed by atoms with van der Waals surface area (Å²) < 4.78 is 25.7. The number of thiazole rings is 1. The molecule has 0 aliphatic carbocycles. The van der Waals surface area contributed by atoms with Crippen molar-refractivity contribution in [1.29, 1.82) is 0 Å². The summed E-state index contributed by atoms with van der Waals surface area (Å²) in [6, 6.07) is 0. The highest BCUT2D eigenvalue weighted by Gasteiger charge is 2.21. The zero-order chi connectivity index (χ0) is 12.3. The van der Waals surface area contributed by atoms with Crippen LogP contribution in [0.5, 0.6) is 0 Å². The minimum atomic E-state index is -3.56. The third-order valence-electron chi connectivity index (χ3n) is 1.57. The monoisotopic (exact) mass is 262 g/mol. The van der Waals surface area contributed by atoms with Gasteiger partial charge in [-0.1, -0.05) is 11.3 Å². The summed E-state index contributed by atoms with van der Waals surface area (Å²) >= 11 is 0.913. The van der Waals surface area contributed by atoms with Crippen molar-refractivity contribution in [2.24, 2.45) is 0 Å². The van der Waals surface area contributed by atoms with E-state index in [0.29, 0.717) is 5.69 Å². The maximum absolute atomic E-state index is 11.7. The van der Waals surface area contributed by atoms with Crippen molar-refractivity contribution in [3.63, 3.8) is 0 Å². The molecule has 2 N–H and O–H groups in total. The average molecular weight is 262 g/mol. The van der Waals surface area contributed by atoms with E-state index in [1.165, 1.54) is 6.92 Å². The summed E-state index contributed by atoms with van der Waals surface area (Å²) in [6.45, 7) is 6.37. The zero-order valence-electron chi connectivity index (χ0n) is 8.90. The molecule has 1 radical (unpaired) electrons. The van der Waals surface area contributed by atoms with Crippen molar-refractivity contribution in [2.45, 2.75) is 18.1 Å². The van der Waals surface area contributed by atoms with Crippen LogP contribution in [0.15, 0.2) is 4.21 Å². The smallest absolute Gasteiger partial charge is 0.252 e. The van der Waals surface area contributed by atoms with Gasteiger partial charge in [-0.05, 0) is 13.8 Å². The first-order chi connectivity index (χ1) is 7.36. The van der Waals surface area contributed by atoms with Crippen LogP contribution in [0.4, 0.5) is 5.13 Å². The first-order valence-electron chi connectivity index (χ1n) is 4.40. The van der Waals surface area contributed by atoms with E-state index in [4.69, 9.17) is 0 Å². The maximum Gasteiger partial charge on any atom is 0.252 e. The van der Waals surface area contributed by atoms with E-state index in [-0.39, 0.29) is 21.8 Å². The lowest BCUT2D eigenvalue weighted by Crippen LogP contribution is -2.23. The molecule has 0 spiro atoms. The fourth-order valence-corrected chi connectivity index (χ4v) is 3.47. The summed E-state index contributed by atoms with van der Waals surface area (Å²) in [5, 5.41) is 2.71. The lowest BCUT2D eigenvalue weighted by Gasteiger charge is -2.00. The number of sulfonamides is 1. The Morgan fingerprint density at radius 1 is 1.56 bits per heavy atom. The first-order valence-corrected chi connectivity index (χ1v) is 6.70. The van der Waals surface area contributed by atoms with Gasteiger partial charge in [-0.15, -0.1) is 0 Å². The van der Waals surface area contributed by atoms with Crippen molar-refractivity contribution >= 4 is 32.4 Å². The fraction of sp³-hybridized carbons (Fsp3) is 0.375. The predicted octanol–water partition coefficient (Wildman–Crippen LogP) is 0.522. The molecule has 6 nitrogen and oxygen atoms in total. The van der Waals surface area contributed by atoms with Crippen LogP contribution in [0.25, 0.3) is 0 Å². The summed E-state index contributed by atoms with van der Waals surface area (Å²) in [5.41, 5.74) is 0.356. The normalized spacial score (nSPS) is 11.4. The minimum absolute atomic E-state index is 0.0646. The topological polar surface area (TPSA) is 88.2 Å². The van der Waals surface area contributed by atoms with Crippen LogP contribution in [0.2, 0.25) is 0 Å².